The van der Waals surface area contributed by atoms with E-state index in [1.54, 1.807) is 6.20 Å². The minimum Gasteiger partial charge on any atom is -0.488 e. The van der Waals surface area contributed by atoms with E-state index in [9.17, 15) is 9.59 Å². The molecule has 9 heteroatoms. The number of ether oxygens (including phenoxy) is 1. The molecule has 3 heterocycles. The highest BCUT2D eigenvalue weighted by Gasteiger charge is 2.35. The van der Waals surface area contributed by atoms with Crippen molar-refractivity contribution >= 4 is 61.7 Å². The van der Waals surface area contributed by atoms with Crippen molar-refractivity contribution in [1.82, 2.24) is 14.9 Å². The van der Waals surface area contributed by atoms with Crippen LogP contribution in [0, 0.1) is 5.41 Å². The zero-order valence-electron chi connectivity index (χ0n) is 21.6. The third-order valence-electron chi connectivity index (χ3n) is 6.97. The van der Waals surface area contributed by atoms with Gasteiger partial charge in [0.1, 0.15) is 12.4 Å². The Labute approximate surface area is 234 Å². The number of aromatic nitrogens is 2. The number of benzene rings is 3. The number of amidine groups is 1. The average molecular weight is 550 g/mol. The second-order valence-corrected chi connectivity index (χ2v) is 10.6. The van der Waals surface area contributed by atoms with Crippen molar-refractivity contribution < 1.29 is 14.3 Å². The molecule has 0 saturated carbocycles. The minimum atomic E-state index is -0.436. The maximum absolute atomic E-state index is 13.4. The highest BCUT2D eigenvalue weighted by Crippen LogP contribution is 2.41. The van der Waals surface area contributed by atoms with Crippen molar-refractivity contribution in [3.8, 4) is 5.75 Å². The molecule has 8 nitrogen and oxygen atoms in total. The Hall–Kier alpha value is -4.76. The number of para-hydroxylation sites is 1. The van der Waals surface area contributed by atoms with Crippen molar-refractivity contribution in [1.29, 1.82) is 5.41 Å². The smallest absolute Gasteiger partial charge is 0.259 e. The summed E-state index contributed by atoms with van der Waals surface area (Å²) in [4.78, 5) is 29.9. The molecule has 1 aliphatic heterocycles. The molecule has 1 aliphatic rings. The zero-order valence-corrected chi connectivity index (χ0v) is 22.4. The molecule has 0 atom stereocenters. The molecule has 0 saturated heterocycles. The quantitative estimate of drug-likeness (QED) is 0.0861. The van der Waals surface area contributed by atoms with Gasteiger partial charge in [-0.2, -0.15) is 0 Å². The maximum atomic E-state index is 13.4. The summed E-state index contributed by atoms with van der Waals surface area (Å²) in [5, 5.41) is 11.7. The first-order valence-electron chi connectivity index (χ1n) is 12.9. The number of carbonyl (C=O) groups excluding carboxylic acids is 2. The normalized spacial score (nSPS) is 13.4. The van der Waals surface area contributed by atoms with E-state index >= 15 is 0 Å². The van der Waals surface area contributed by atoms with Crippen molar-refractivity contribution in [2.24, 2.45) is 5.73 Å². The van der Waals surface area contributed by atoms with Gasteiger partial charge >= 0.3 is 0 Å². The molecule has 0 fully saturated rings. The number of thioether (sulfide) groups is 1. The number of rotatable bonds is 9. The number of amides is 2. The van der Waals surface area contributed by atoms with Crippen LogP contribution in [-0.2, 0) is 22.7 Å². The van der Waals surface area contributed by atoms with Crippen LogP contribution in [-0.4, -0.2) is 32.3 Å². The second-order valence-electron chi connectivity index (χ2n) is 9.51. The molecule has 2 amide bonds. The summed E-state index contributed by atoms with van der Waals surface area (Å²) in [5.41, 5.74) is 10.3. The van der Waals surface area contributed by atoms with Crippen molar-refractivity contribution in [3.05, 3.63) is 102 Å². The molecule has 6 rings (SSSR count). The van der Waals surface area contributed by atoms with E-state index in [2.05, 4.69) is 14.9 Å². The molecule has 0 aliphatic carbocycles. The Morgan fingerprint density at radius 3 is 2.48 bits per heavy atom. The number of nitrogens with two attached hydrogens (primary N) is 1. The van der Waals surface area contributed by atoms with Gasteiger partial charge in [0.2, 0.25) is 0 Å². The van der Waals surface area contributed by atoms with Crippen molar-refractivity contribution in [2.45, 2.75) is 19.6 Å². The number of hydrogen-bond acceptors (Lipinski definition) is 5. The summed E-state index contributed by atoms with van der Waals surface area (Å²) in [6.07, 6.45) is 4.48. The lowest BCUT2D eigenvalue weighted by Crippen LogP contribution is -2.22. The van der Waals surface area contributed by atoms with Gasteiger partial charge in [-0.1, -0.05) is 66.4 Å². The number of hydrogen-bond donors (Lipinski definition) is 4. The molecule has 200 valence electrons. The van der Waals surface area contributed by atoms with Gasteiger partial charge in [-0.05, 0) is 30.2 Å². The molecule has 40 heavy (non-hydrogen) atoms. The first kappa shape index (κ1) is 25.5. The van der Waals surface area contributed by atoms with E-state index in [4.69, 9.17) is 15.9 Å². The third kappa shape index (κ3) is 4.76. The van der Waals surface area contributed by atoms with Crippen LogP contribution in [0.4, 0.5) is 0 Å². The average Bonchev–Trinajstić information content (AvgIpc) is 3.63. The summed E-state index contributed by atoms with van der Waals surface area (Å²) in [6, 6.07) is 23.4. The summed E-state index contributed by atoms with van der Waals surface area (Å²) in [7, 11) is 0. The van der Waals surface area contributed by atoms with Gasteiger partial charge in [-0.25, -0.2) is 0 Å². The molecule has 0 bridgehead atoms. The number of imide groups is 1. The number of aryl methyl sites for hydroxylation is 1. The SMILES string of the molecule is N=C(N)SCCCn1cc(C2=C(c3c[nH]c4ccccc34)C(=O)NC2=O)c2c(OCc3ccccc3)cccc21. The number of fused-ring (bicyclic) bond motifs is 2. The number of aromatic amines is 1. The van der Waals surface area contributed by atoms with Gasteiger partial charge < -0.3 is 20.0 Å². The van der Waals surface area contributed by atoms with Crippen LogP contribution in [0.5, 0.6) is 5.75 Å². The number of carbonyl (C=O) groups is 2. The standard InChI is InChI=1S/C31H27N5O3S/c32-31(33)40-15-7-14-36-17-22(26-24(36)12-6-13-25(26)39-18-19-8-2-1-3-9-19)28-27(29(37)35-30(28)38)21-16-34-23-11-5-4-10-20(21)23/h1-6,8-13,16-17,34H,7,14-15,18H2,(H3,32,33)(H,35,37,38). The Morgan fingerprint density at radius 2 is 1.68 bits per heavy atom. The van der Waals surface area contributed by atoms with Crippen molar-refractivity contribution in [2.75, 3.05) is 5.75 Å². The lowest BCUT2D eigenvalue weighted by atomic mass is 9.95. The topological polar surface area (TPSA) is 126 Å². The highest BCUT2D eigenvalue weighted by atomic mass is 32.2. The summed E-state index contributed by atoms with van der Waals surface area (Å²) >= 11 is 1.30. The molecule has 5 N–H and O–H groups in total. The van der Waals surface area contributed by atoms with E-state index in [1.165, 1.54) is 11.8 Å². The van der Waals surface area contributed by atoms with Crippen LogP contribution >= 0.6 is 11.8 Å². The van der Waals surface area contributed by atoms with Crippen LogP contribution in [0.3, 0.4) is 0 Å². The van der Waals surface area contributed by atoms with Crippen LogP contribution in [0.1, 0.15) is 23.1 Å². The lowest BCUT2D eigenvalue weighted by Gasteiger charge is -2.10. The fourth-order valence-electron chi connectivity index (χ4n) is 5.21. The van der Waals surface area contributed by atoms with Crippen LogP contribution < -0.4 is 15.8 Å². The fraction of sp³-hybridized carbons (Fsp3) is 0.129. The molecule has 0 radical (unpaired) electrons. The molecule has 3 aromatic carbocycles. The van der Waals surface area contributed by atoms with Crippen LogP contribution in [0.2, 0.25) is 0 Å². The van der Waals surface area contributed by atoms with Gasteiger partial charge in [0.15, 0.2) is 5.17 Å². The Balaban J connectivity index is 1.51. The van der Waals surface area contributed by atoms with Gasteiger partial charge in [-0.15, -0.1) is 0 Å². The Bertz CT molecular complexity index is 1800. The number of nitrogens with one attached hydrogen (secondary N) is 3. The monoisotopic (exact) mass is 549 g/mol. The summed E-state index contributed by atoms with van der Waals surface area (Å²) < 4.78 is 8.41. The van der Waals surface area contributed by atoms with E-state index in [1.807, 2.05) is 79.0 Å². The van der Waals surface area contributed by atoms with Gasteiger partial charge in [0, 0.05) is 52.1 Å². The van der Waals surface area contributed by atoms with Crippen LogP contribution in [0.25, 0.3) is 33.0 Å². The largest absolute Gasteiger partial charge is 0.488 e. The first-order chi connectivity index (χ1) is 19.5. The molecule has 0 unspecified atom stereocenters. The summed E-state index contributed by atoms with van der Waals surface area (Å²) in [6.45, 7) is 1.00. The Morgan fingerprint density at radius 1 is 0.925 bits per heavy atom. The summed E-state index contributed by atoms with van der Waals surface area (Å²) in [5.74, 6) is 0.461. The zero-order chi connectivity index (χ0) is 27.6. The Kier molecular flexibility index (Phi) is 6.88. The van der Waals surface area contributed by atoms with Crippen LogP contribution in [0.15, 0.2) is 85.2 Å². The van der Waals surface area contributed by atoms with Gasteiger partial charge in [0.05, 0.1) is 16.7 Å². The molecule has 0 spiro atoms. The number of nitrogens with zero attached hydrogens (tertiary/aromatic N) is 1. The van der Waals surface area contributed by atoms with Crippen molar-refractivity contribution in [3.63, 3.8) is 0 Å². The van der Waals surface area contributed by atoms with E-state index in [-0.39, 0.29) is 5.17 Å². The molecule has 2 aromatic heterocycles. The predicted octanol–water partition coefficient (Wildman–Crippen LogP) is 5.29. The van der Waals surface area contributed by atoms with Gasteiger partial charge in [0.25, 0.3) is 11.8 Å². The van der Waals surface area contributed by atoms with E-state index in [0.717, 1.165) is 33.8 Å². The van der Waals surface area contributed by atoms with Gasteiger partial charge in [-0.3, -0.25) is 20.3 Å². The second kappa shape index (κ2) is 10.8. The highest BCUT2D eigenvalue weighted by molar-refractivity contribution is 8.13. The minimum absolute atomic E-state index is 0.0873. The third-order valence-corrected chi connectivity index (χ3v) is 7.77. The predicted molar refractivity (Wildman–Crippen MR) is 160 cm³/mol. The molecular weight excluding hydrogens is 522 g/mol. The first-order valence-corrected chi connectivity index (χ1v) is 13.9. The molecule has 5 aromatic rings. The van der Waals surface area contributed by atoms with E-state index in [0.29, 0.717) is 46.9 Å². The number of H-pyrrole nitrogens is 1. The van der Waals surface area contributed by atoms with E-state index < -0.39 is 11.8 Å². The lowest BCUT2D eigenvalue weighted by molar-refractivity contribution is -0.122. The molecular formula is C31H27N5O3S. The maximum Gasteiger partial charge on any atom is 0.259 e. The fourth-order valence-corrected chi connectivity index (χ4v) is 5.71.